The van der Waals surface area contributed by atoms with E-state index in [9.17, 15) is 22.8 Å². The summed E-state index contributed by atoms with van der Waals surface area (Å²) < 4.78 is 46.3. The highest BCUT2D eigenvalue weighted by Gasteiger charge is 2.32. The first-order valence-corrected chi connectivity index (χ1v) is 17.1. The second kappa shape index (κ2) is 14.9. The molecule has 4 heterocycles. The van der Waals surface area contributed by atoms with Crippen molar-refractivity contribution in [3.63, 3.8) is 0 Å². The Hall–Kier alpha value is -2.94. The summed E-state index contributed by atoms with van der Waals surface area (Å²) in [6.07, 6.45) is 1.02. The van der Waals surface area contributed by atoms with Gasteiger partial charge in [-0.05, 0) is 58.4 Å². The van der Waals surface area contributed by atoms with Gasteiger partial charge in [-0.2, -0.15) is 13.2 Å². The number of benzene rings is 1. The van der Waals surface area contributed by atoms with Crippen molar-refractivity contribution in [3.05, 3.63) is 56.2 Å². The van der Waals surface area contributed by atoms with Crippen molar-refractivity contribution in [3.8, 4) is 11.3 Å². The number of anilines is 1. The van der Waals surface area contributed by atoms with Gasteiger partial charge in [0.05, 0.1) is 43.1 Å². The van der Waals surface area contributed by atoms with E-state index in [2.05, 4.69) is 54.4 Å². The number of hydrogen-bond donors (Lipinski definition) is 0. The van der Waals surface area contributed by atoms with Crippen LogP contribution in [0.2, 0.25) is 0 Å². The van der Waals surface area contributed by atoms with Crippen LogP contribution in [0.3, 0.4) is 0 Å². The number of ether oxygens (including phenoxy) is 1. The van der Waals surface area contributed by atoms with Gasteiger partial charge in [0.15, 0.2) is 5.78 Å². The molecule has 0 amide bonds. The molecule has 0 aliphatic carbocycles. The average molecular weight is 724 g/mol. The van der Waals surface area contributed by atoms with Gasteiger partial charge < -0.3 is 9.64 Å². The molecule has 1 aromatic carbocycles. The van der Waals surface area contributed by atoms with Crippen molar-refractivity contribution in [2.75, 3.05) is 44.2 Å². The molecule has 2 aliphatic rings. The molecule has 14 heteroatoms. The summed E-state index contributed by atoms with van der Waals surface area (Å²) in [6, 6.07) is 4.36. The summed E-state index contributed by atoms with van der Waals surface area (Å²) in [5.74, 6) is 0.211. The molecule has 46 heavy (non-hydrogen) atoms. The van der Waals surface area contributed by atoms with E-state index in [0.29, 0.717) is 71.8 Å². The predicted octanol–water partition coefficient (Wildman–Crippen LogP) is 6.25. The Balaban J connectivity index is 1.28. The molecule has 0 saturated carbocycles. The molecule has 0 N–H and O–H groups in total. The van der Waals surface area contributed by atoms with Crippen molar-refractivity contribution in [2.45, 2.75) is 71.3 Å². The second-order valence-corrected chi connectivity index (χ2v) is 13.9. The first-order chi connectivity index (χ1) is 21.9. The fourth-order valence-electron chi connectivity index (χ4n) is 5.97. The zero-order chi connectivity index (χ0) is 33.0. The molecular weight excluding hydrogens is 685 g/mol. The zero-order valence-corrected chi connectivity index (χ0v) is 28.6. The molecule has 248 valence electrons. The van der Waals surface area contributed by atoms with Gasteiger partial charge in [-0.3, -0.25) is 19.4 Å². The number of nitrogens with zero attached hydrogens (tertiary/aromatic N) is 6. The van der Waals surface area contributed by atoms with Crippen LogP contribution < -0.4 is 4.90 Å². The van der Waals surface area contributed by atoms with Gasteiger partial charge in [-0.25, -0.2) is 15.0 Å². The van der Waals surface area contributed by atoms with Crippen LogP contribution in [0.25, 0.3) is 11.3 Å². The monoisotopic (exact) mass is 722 g/mol. The number of carbonyl (C=O) groups excluding carboxylic acids is 2. The molecule has 0 spiro atoms. The lowest BCUT2D eigenvalue weighted by Gasteiger charge is -2.40. The van der Waals surface area contributed by atoms with E-state index >= 15 is 0 Å². The van der Waals surface area contributed by atoms with Crippen LogP contribution >= 0.6 is 27.3 Å². The number of esters is 1. The maximum Gasteiger partial charge on any atom is 0.416 e. The molecule has 0 bridgehead atoms. The quantitative estimate of drug-likeness (QED) is 0.168. The van der Waals surface area contributed by atoms with Gasteiger partial charge in [-0.15, -0.1) is 11.3 Å². The fraction of sp³-hybridized carbons (Fsp3) is 0.531. The second-order valence-electron chi connectivity index (χ2n) is 11.8. The third-order valence-electron chi connectivity index (χ3n) is 8.51. The topological polar surface area (TPSA) is 91.8 Å². The zero-order valence-electron chi connectivity index (χ0n) is 26.1. The van der Waals surface area contributed by atoms with Crippen LogP contribution in [0.5, 0.6) is 0 Å². The number of Topliss-reactive ketones (excluding diaryl/α,β-unsaturated/α-hetero) is 1. The summed E-state index contributed by atoms with van der Waals surface area (Å²) in [4.78, 5) is 46.2. The number of ketones is 1. The van der Waals surface area contributed by atoms with Crippen molar-refractivity contribution in [1.82, 2.24) is 24.8 Å². The summed E-state index contributed by atoms with van der Waals surface area (Å²) in [5, 5.41) is 0.522. The molecular formula is C32H38BrF3N6O3S. The minimum absolute atomic E-state index is 0.0302. The largest absolute Gasteiger partial charge is 0.466 e. The highest BCUT2D eigenvalue weighted by molar-refractivity contribution is 9.10. The maximum absolute atomic E-state index is 13.6. The number of halogens is 4. The van der Waals surface area contributed by atoms with Gasteiger partial charge >= 0.3 is 12.1 Å². The fourth-order valence-corrected chi connectivity index (χ4v) is 7.58. The molecule has 2 atom stereocenters. The van der Waals surface area contributed by atoms with Crippen LogP contribution in [0, 0.1) is 0 Å². The van der Waals surface area contributed by atoms with E-state index < -0.39 is 11.7 Å². The Morgan fingerprint density at radius 2 is 1.87 bits per heavy atom. The number of thiazole rings is 1. The molecule has 0 unspecified atom stereocenters. The molecule has 5 rings (SSSR count). The molecule has 2 aliphatic heterocycles. The lowest BCUT2D eigenvalue weighted by atomic mass is 10.1. The van der Waals surface area contributed by atoms with Crippen molar-refractivity contribution in [1.29, 1.82) is 0 Å². The smallest absolute Gasteiger partial charge is 0.416 e. The lowest BCUT2D eigenvalue weighted by Crippen LogP contribution is -2.52. The van der Waals surface area contributed by atoms with Crippen LogP contribution in [0.15, 0.2) is 35.1 Å². The minimum Gasteiger partial charge on any atom is -0.466 e. The average Bonchev–Trinajstić information content (AvgIpc) is 3.61. The normalized spacial score (nSPS) is 19.5. The molecule has 2 saturated heterocycles. The third-order valence-corrected chi connectivity index (χ3v) is 10.0. The van der Waals surface area contributed by atoms with Crippen LogP contribution in [0.1, 0.15) is 66.0 Å². The van der Waals surface area contributed by atoms with E-state index in [0.717, 1.165) is 42.9 Å². The number of hydrogen-bond acceptors (Lipinski definition) is 10. The van der Waals surface area contributed by atoms with E-state index in [1.165, 1.54) is 17.5 Å². The lowest BCUT2D eigenvalue weighted by molar-refractivity contribution is -0.143. The van der Waals surface area contributed by atoms with Gasteiger partial charge in [0.2, 0.25) is 0 Å². The highest BCUT2D eigenvalue weighted by atomic mass is 79.9. The third kappa shape index (κ3) is 8.50. The molecule has 0 radical (unpaired) electrons. The minimum atomic E-state index is -4.50. The molecule has 2 aromatic heterocycles. The molecule has 2 fully saturated rings. The summed E-state index contributed by atoms with van der Waals surface area (Å²) in [7, 11) is 0. The summed E-state index contributed by atoms with van der Waals surface area (Å²) in [5.41, 5.74) is 0.275. The van der Waals surface area contributed by atoms with Crippen LogP contribution in [-0.2, 0) is 28.7 Å². The Labute approximate surface area is 279 Å². The highest BCUT2D eigenvalue weighted by Crippen LogP contribution is 2.38. The van der Waals surface area contributed by atoms with Crippen molar-refractivity contribution >= 4 is 44.8 Å². The maximum atomic E-state index is 13.6. The predicted molar refractivity (Wildman–Crippen MR) is 174 cm³/mol. The number of rotatable bonds is 11. The molecule has 9 nitrogen and oxygen atoms in total. The van der Waals surface area contributed by atoms with Gasteiger partial charge in [0, 0.05) is 59.7 Å². The Morgan fingerprint density at radius 3 is 2.52 bits per heavy atom. The van der Waals surface area contributed by atoms with Crippen LogP contribution in [-0.4, -0.2) is 87.9 Å². The van der Waals surface area contributed by atoms with Crippen molar-refractivity contribution < 1.29 is 27.5 Å². The number of carbonyl (C=O) groups is 2. The Morgan fingerprint density at radius 1 is 1.07 bits per heavy atom. The van der Waals surface area contributed by atoms with E-state index in [-0.39, 0.29) is 29.9 Å². The first-order valence-electron chi connectivity index (χ1n) is 15.5. The molecule has 3 aromatic rings. The first kappa shape index (κ1) is 34.4. The van der Waals surface area contributed by atoms with Gasteiger partial charge in [0.25, 0.3) is 0 Å². The van der Waals surface area contributed by atoms with E-state index in [1.54, 1.807) is 19.2 Å². The van der Waals surface area contributed by atoms with Crippen molar-refractivity contribution in [2.24, 2.45) is 0 Å². The number of alkyl halides is 3. The Bertz CT molecular complexity index is 1540. The van der Waals surface area contributed by atoms with Gasteiger partial charge in [-0.1, -0.05) is 15.9 Å². The van der Waals surface area contributed by atoms with Gasteiger partial charge in [0.1, 0.15) is 16.5 Å². The van der Waals surface area contributed by atoms with E-state index in [4.69, 9.17) is 9.72 Å². The number of piperazine rings is 1. The standard InChI is InChI=1S/C32H38BrF3N6O3S/c1-4-45-30(44)7-9-40-10-11-42(18-21(40)3)28-17-37-25(16-38-28)26(43)15-29-39-31(27(46-29)19-41-8-5-6-20(41)2)22-12-23(32(34,35)36)14-24(33)13-22/h12-14,16-17,20-21H,4-11,15,18-19H2,1-3H3/t20-,21+/m1/s1. The summed E-state index contributed by atoms with van der Waals surface area (Å²) >= 11 is 4.59. The summed E-state index contributed by atoms with van der Waals surface area (Å²) in [6.45, 7) is 10.7. The van der Waals surface area contributed by atoms with Crippen LogP contribution in [0.4, 0.5) is 19.0 Å². The Kier molecular flexibility index (Phi) is 11.1. The number of likely N-dealkylation sites (tertiary alicyclic amines) is 1. The SMILES string of the molecule is CCOC(=O)CCN1CCN(c2cnc(C(=O)Cc3nc(-c4cc(Br)cc(C(F)(F)F)c4)c(CN4CCC[C@H]4C)s3)cn2)C[C@@H]1C. The van der Waals surface area contributed by atoms with E-state index in [1.807, 2.05) is 0 Å². The number of aromatic nitrogens is 3.